The van der Waals surface area contributed by atoms with Gasteiger partial charge in [0.15, 0.2) is 0 Å². The molecule has 0 amide bonds. The first kappa shape index (κ1) is 22.7. The molecule has 0 saturated carbocycles. The molecule has 0 bridgehead atoms. The summed E-state index contributed by atoms with van der Waals surface area (Å²) in [5.41, 5.74) is 6.94. The number of rotatable bonds is 0. The van der Waals surface area contributed by atoms with Crippen LogP contribution in [-0.2, 0) is 52.2 Å². The Morgan fingerprint density at radius 1 is 0.857 bits per heavy atom. The Labute approximate surface area is 142 Å². The first-order valence-electron chi connectivity index (χ1n) is 7.05. The van der Waals surface area contributed by atoms with Gasteiger partial charge in [-0.15, -0.1) is 0 Å². The monoisotopic (exact) mass is 329 g/mol. The van der Waals surface area contributed by atoms with E-state index < -0.39 is 0 Å². The Kier molecular flexibility index (Phi) is 15.6. The first-order valence-corrected chi connectivity index (χ1v) is 7.05. The Balaban J connectivity index is 0. The van der Waals surface area contributed by atoms with Gasteiger partial charge in [0.25, 0.3) is 6.47 Å². The molecule has 2 aliphatic rings. The van der Waals surface area contributed by atoms with Crippen molar-refractivity contribution in [2.24, 2.45) is 0 Å². The molecule has 3 rings (SSSR count). The van der Waals surface area contributed by atoms with Gasteiger partial charge in [0, 0.05) is 0 Å². The molecule has 21 heavy (non-hydrogen) atoms. The van der Waals surface area contributed by atoms with Crippen molar-refractivity contribution in [1.82, 2.24) is 0 Å². The second-order valence-electron chi connectivity index (χ2n) is 4.67. The maximum Gasteiger partial charge on any atom is 3.00 e. The van der Waals surface area contributed by atoms with Gasteiger partial charge in [-0.05, 0) is 0 Å². The number of carboxylic acid groups (broad SMARTS) is 1. The summed E-state index contributed by atoms with van der Waals surface area (Å²) in [6, 6.07) is 2.52. The van der Waals surface area contributed by atoms with Crippen LogP contribution in [0.5, 0.6) is 0 Å². The quantitative estimate of drug-likeness (QED) is 0.434. The Morgan fingerprint density at radius 2 is 1.14 bits per heavy atom. The third kappa shape index (κ3) is 6.83. The maximum absolute atomic E-state index is 8.36. The fraction of sp³-hybridized carbons (Fsp3) is 0.625. The predicted molar refractivity (Wildman–Crippen MR) is 75.9 cm³/mol. The van der Waals surface area contributed by atoms with Crippen LogP contribution in [-0.4, -0.2) is 25.8 Å². The standard InChI is InChI=1S/C13H17.CH2O2.2CH3O.Ti/c1-3-7-12-10(5-1)9-11-6-2-4-8-13(11)12;2-1-3;2*1-2;/h9H,1-8H2;1H,(H,2,3);2*1H3;/q-1;;2*-1;+3. The van der Waals surface area contributed by atoms with Crippen molar-refractivity contribution >= 4 is 6.47 Å². The molecule has 0 heterocycles. The average Bonchev–Trinajstić information content (AvgIpc) is 2.91. The van der Waals surface area contributed by atoms with E-state index in [4.69, 9.17) is 20.1 Å². The first-order chi connectivity index (χ1) is 9.86. The zero-order valence-electron chi connectivity index (χ0n) is 13.0. The molecular formula is C16H25O4Ti. The predicted octanol–water partition coefficient (Wildman–Crippen LogP) is 0.814. The second kappa shape index (κ2) is 14.4. The molecule has 2 aliphatic carbocycles. The summed E-state index contributed by atoms with van der Waals surface area (Å²) in [6.45, 7) is -0.250. The molecule has 0 saturated heterocycles. The molecule has 4 nitrogen and oxygen atoms in total. The number of fused-ring (bicyclic) bond motifs is 3. The zero-order valence-corrected chi connectivity index (χ0v) is 14.5. The largest absolute Gasteiger partial charge is 3.00 e. The minimum Gasteiger partial charge on any atom is -0.857 e. The van der Waals surface area contributed by atoms with E-state index in [1.807, 2.05) is 0 Å². The molecule has 0 aliphatic heterocycles. The molecule has 1 N–H and O–H groups in total. The van der Waals surface area contributed by atoms with Gasteiger partial charge < -0.3 is 15.3 Å². The summed E-state index contributed by atoms with van der Waals surface area (Å²) in [7, 11) is 1.50. The van der Waals surface area contributed by atoms with Crippen LogP contribution in [0.1, 0.15) is 47.9 Å². The van der Waals surface area contributed by atoms with Crippen LogP contribution >= 0.6 is 0 Å². The Morgan fingerprint density at radius 3 is 1.48 bits per heavy atom. The molecule has 1 aromatic rings. The molecule has 0 fully saturated rings. The topological polar surface area (TPSA) is 83.4 Å². The third-order valence-electron chi connectivity index (χ3n) is 3.73. The van der Waals surface area contributed by atoms with Gasteiger partial charge in [0.2, 0.25) is 0 Å². The van der Waals surface area contributed by atoms with Gasteiger partial charge in [-0.25, -0.2) is 0 Å². The number of carbonyl (C=O) groups is 1. The summed E-state index contributed by atoms with van der Waals surface area (Å²) in [5, 5.41) is 23.4. The van der Waals surface area contributed by atoms with Crippen LogP contribution in [0.4, 0.5) is 0 Å². The molecular weight excluding hydrogens is 304 g/mol. The van der Waals surface area contributed by atoms with Crippen LogP contribution in [0.25, 0.3) is 0 Å². The normalized spacial score (nSPS) is 14.1. The van der Waals surface area contributed by atoms with Gasteiger partial charge in [0.05, 0.1) is 0 Å². The minimum absolute atomic E-state index is 0. The van der Waals surface area contributed by atoms with Crippen molar-refractivity contribution in [3.8, 4) is 0 Å². The molecule has 5 heteroatoms. The maximum atomic E-state index is 8.36. The van der Waals surface area contributed by atoms with Crippen LogP contribution in [0.2, 0.25) is 0 Å². The molecule has 0 unspecified atom stereocenters. The molecule has 0 aromatic heterocycles. The average molecular weight is 329 g/mol. The molecule has 0 spiro atoms. The van der Waals surface area contributed by atoms with Gasteiger partial charge in [-0.1, -0.05) is 51.4 Å². The summed E-state index contributed by atoms with van der Waals surface area (Å²) in [5.74, 6) is 0. The SMILES string of the molecule is C[O-].C[O-].O=CO.[Ti+3].[cH-]1c2c(c3c1CCCC3)CCCC2. The minimum atomic E-state index is -0.250. The summed E-state index contributed by atoms with van der Waals surface area (Å²) in [4.78, 5) is 8.36. The van der Waals surface area contributed by atoms with Crippen molar-refractivity contribution in [2.45, 2.75) is 51.4 Å². The van der Waals surface area contributed by atoms with Gasteiger partial charge in [-0.3, -0.25) is 4.79 Å². The molecule has 1 radical (unpaired) electrons. The third-order valence-corrected chi connectivity index (χ3v) is 3.73. The van der Waals surface area contributed by atoms with Crippen LogP contribution in [0.15, 0.2) is 6.07 Å². The van der Waals surface area contributed by atoms with Gasteiger partial charge >= 0.3 is 21.7 Å². The molecule has 1 aromatic carbocycles. The van der Waals surface area contributed by atoms with Crippen molar-refractivity contribution in [3.63, 3.8) is 0 Å². The second-order valence-corrected chi connectivity index (χ2v) is 4.67. The van der Waals surface area contributed by atoms with E-state index >= 15 is 0 Å². The molecule has 0 atom stereocenters. The fourth-order valence-corrected chi connectivity index (χ4v) is 3.08. The van der Waals surface area contributed by atoms with Crippen molar-refractivity contribution in [3.05, 3.63) is 28.3 Å². The van der Waals surface area contributed by atoms with E-state index in [-0.39, 0.29) is 28.2 Å². The van der Waals surface area contributed by atoms with E-state index in [0.717, 1.165) is 14.2 Å². The van der Waals surface area contributed by atoms with Gasteiger partial charge in [0.1, 0.15) is 0 Å². The van der Waals surface area contributed by atoms with Crippen molar-refractivity contribution in [2.75, 3.05) is 14.2 Å². The summed E-state index contributed by atoms with van der Waals surface area (Å²) >= 11 is 0. The number of hydrogen-bond acceptors (Lipinski definition) is 3. The van der Waals surface area contributed by atoms with E-state index in [1.165, 1.54) is 51.4 Å². The summed E-state index contributed by atoms with van der Waals surface area (Å²) in [6.07, 6.45) is 11.2. The van der Waals surface area contributed by atoms with E-state index in [1.54, 1.807) is 22.3 Å². The van der Waals surface area contributed by atoms with Crippen LogP contribution in [0, 0.1) is 0 Å². The fourth-order valence-electron chi connectivity index (χ4n) is 3.08. The van der Waals surface area contributed by atoms with Crippen molar-refractivity contribution < 1.29 is 41.8 Å². The van der Waals surface area contributed by atoms with Crippen LogP contribution in [0.3, 0.4) is 0 Å². The van der Waals surface area contributed by atoms with E-state index in [2.05, 4.69) is 6.07 Å². The smallest absolute Gasteiger partial charge is 0.857 e. The summed E-state index contributed by atoms with van der Waals surface area (Å²) < 4.78 is 0. The Hall–Kier alpha value is -0.546. The zero-order chi connectivity index (χ0) is 15.4. The van der Waals surface area contributed by atoms with E-state index in [9.17, 15) is 0 Å². The number of aryl methyl sites for hydroxylation is 2. The number of hydrogen-bond donors (Lipinski definition) is 1. The molecule has 117 valence electrons. The van der Waals surface area contributed by atoms with Crippen molar-refractivity contribution in [1.29, 1.82) is 0 Å². The van der Waals surface area contributed by atoms with E-state index in [0.29, 0.717) is 0 Å². The van der Waals surface area contributed by atoms with Gasteiger partial charge in [-0.2, -0.15) is 42.5 Å². The van der Waals surface area contributed by atoms with Crippen LogP contribution < -0.4 is 10.2 Å². The Bertz CT molecular complexity index is 344.